The lowest BCUT2D eigenvalue weighted by molar-refractivity contribution is -0.122. The van der Waals surface area contributed by atoms with E-state index in [9.17, 15) is 9.59 Å². The summed E-state index contributed by atoms with van der Waals surface area (Å²) in [6.45, 7) is 3.22. The Morgan fingerprint density at radius 1 is 1.24 bits per heavy atom. The van der Waals surface area contributed by atoms with Crippen LogP contribution in [0.1, 0.15) is 6.92 Å². The number of anilines is 1. The number of carbonyl (C=O) groups is 2. The Morgan fingerprint density at radius 2 is 2.00 bits per heavy atom. The number of hydrogen-bond acceptors (Lipinski definition) is 5. The van der Waals surface area contributed by atoms with Crippen LogP contribution in [0.2, 0.25) is 0 Å². The van der Waals surface area contributed by atoms with Gasteiger partial charge in [-0.15, -0.1) is 0 Å². The van der Waals surface area contributed by atoms with Crippen molar-refractivity contribution in [1.82, 2.24) is 10.2 Å². The third-order valence-corrected chi connectivity index (χ3v) is 3.93. The molecule has 1 aromatic rings. The molecule has 1 unspecified atom stereocenters. The maximum atomic E-state index is 12.7. The van der Waals surface area contributed by atoms with E-state index >= 15 is 0 Å². The van der Waals surface area contributed by atoms with E-state index in [0.29, 0.717) is 36.9 Å². The fourth-order valence-corrected chi connectivity index (χ4v) is 2.75. The lowest BCUT2D eigenvalue weighted by atomic mass is 10.2. The molecule has 8 heteroatoms. The van der Waals surface area contributed by atoms with Gasteiger partial charge in [-0.2, -0.15) is 0 Å². The van der Waals surface area contributed by atoms with Crippen LogP contribution in [0.25, 0.3) is 0 Å². The number of amides is 3. The fraction of sp³-hybridized carbons (Fsp3) is 0.529. The van der Waals surface area contributed by atoms with E-state index in [2.05, 4.69) is 5.32 Å². The number of benzene rings is 1. The molecule has 1 saturated heterocycles. The quantitative estimate of drug-likeness (QED) is 0.759. The highest BCUT2D eigenvalue weighted by molar-refractivity contribution is 5.97. The Morgan fingerprint density at radius 3 is 2.64 bits per heavy atom. The molecule has 1 aromatic carbocycles. The molecule has 0 spiro atoms. The third-order valence-electron chi connectivity index (χ3n) is 3.93. The van der Waals surface area contributed by atoms with Gasteiger partial charge in [0.1, 0.15) is 18.0 Å². The molecular weight excluding hydrogens is 326 g/mol. The lowest BCUT2D eigenvalue weighted by Crippen LogP contribution is -2.44. The lowest BCUT2D eigenvalue weighted by Gasteiger charge is -2.21. The van der Waals surface area contributed by atoms with Gasteiger partial charge in [0.05, 0.1) is 26.5 Å². The predicted octanol–water partition coefficient (Wildman–Crippen LogP) is 1.10. The number of ether oxygens (including phenoxy) is 3. The van der Waals surface area contributed by atoms with E-state index in [0.717, 1.165) is 0 Å². The second-order valence-corrected chi connectivity index (χ2v) is 5.82. The topological polar surface area (TPSA) is 80.3 Å². The Labute approximate surface area is 147 Å². The van der Waals surface area contributed by atoms with E-state index < -0.39 is 0 Å². The fourth-order valence-electron chi connectivity index (χ4n) is 2.75. The number of hydrogen-bond donors (Lipinski definition) is 1. The highest BCUT2D eigenvalue weighted by atomic mass is 16.5. The summed E-state index contributed by atoms with van der Waals surface area (Å²) in [6, 6.07) is 4.93. The van der Waals surface area contributed by atoms with Crippen LogP contribution in [0.3, 0.4) is 0 Å². The van der Waals surface area contributed by atoms with Gasteiger partial charge in [0.2, 0.25) is 5.91 Å². The smallest absolute Gasteiger partial charge is 0.325 e. The van der Waals surface area contributed by atoms with Gasteiger partial charge in [0, 0.05) is 32.3 Å². The van der Waals surface area contributed by atoms with Crippen molar-refractivity contribution >= 4 is 17.6 Å². The van der Waals surface area contributed by atoms with E-state index in [-0.39, 0.29) is 24.5 Å². The van der Waals surface area contributed by atoms with Crippen LogP contribution in [0.4, 0.5) is 10.5 Å². The first-order valence-electron chi connectivity index (χ1n) is 8.07. The van der Waals surface area contributed by atoms with Gasteiger partial charge in [-0.1, -0.05) is 0 Å². The number of nitrogens with one attached hydrogen (secondary N) is 1. The summed E-state index contributed by atoms with van der Waals surface area (Å²) in [5.41, 5.74) is 0.627. The van der Waals surface area contributed by atoms with Crippen LogP contribution < -0.4 is 19.7 Å². The minimum atomic E-state index is -0.235. The van der Waals surface area contributed by atoms with Crippen LogP contribution in [0, 0.1) is 0 Å². The van der Waals surface area contributed by atoms with Crippen LogP contribution in [-0.2, 0) is 9.53 Å². The monoisotopic (exact) mass is 351 g/mol. The zero-order valence-electron chi connectivity index (χ0n) is 15.1. The standard InChI is InChI=1S/C17H25N3O5/c1-12(11-23-2)18-16(21)10-19-7-8-20(17(19)22)14-9-13(24-3)5-6-15(14)25-4/h5-6,9,12H,7-8,10-11H2,1-4H3,(H,18,21). The highest BCUT2D eigenvalue weighted by Crippen LogP contribution is 2.34. The van der Waals surface area contributed by atoms with E-state index in [4.69, 9.17) is 14.2 Å². The Bertz CT molecular complexity index is 622. The minimum Gasteiger partial charge on any atom is -0.497 e. The van der Waals surface area contributed by atoms with Gasteiger partial charge < -0.3 is 24.4 Å². The average molecular weight is 351 g/mol. The molecule has 1 N–H and O–H groups in total. The third kappa shape index (κ3) is 4.54. The van der Waals surface area contributed by atoms with Crippen molar-refractivity contribution < 1.29 is 23.8 Å². The van der Waals surface area contributed by atoms with Crippen molar-refractivity contribution in [2.24, 2.45) is 0 Å². The van der Waals surface area contributed by atoms with Crippen molar-refractivity contribution in [3.05, 3.63) is 18.2 Å². The van der Waals surface area contributed by atoms with E-state index in [1.807, 2.05) is 6.92 Å². The molecule has 3 amide bonds. The van der Waals surface area contributed by atoms with Gasteiger partial charge in [0.15, 0.2) is 0 Å². The molecule has 1 aliphatic rings. The molecule has 0 saturated carbocycles. The minimum absolute atomic E-state index is 0.00959. The molecule has 1 fully saturated rings. The molecule has 8 nitrogen and oxygen atoms in total. The summed E-state index contributed by atoms with van der Waals surface area (Å²) < 4.78 is 15.6. The first-order chi connectivity index (χ1) is 12.0. The summed E-state index contributed by atoms with van der Waals surface area (Å²) in [4.78, 5) is 27.8. The molecule has 2 rings (SSSR count). The number of methoxy groups -OCH3 is 3. The molecule has 1 atom stereocenters. The maximum absolute atomic E-state index is 12.7. The van der Waals surface area contributed by atoms with Crippen LogP contribution in [0.5, 0.6) is 11.5 Å². The molecule has 138 valence electrons. The molecule has 0 radical (unpaired) electrons. The van der Waals surface area contributed by atoms with Crippen molar-refractivity contribution in [1.29, 1.82) is 0 Å². The molecule has 0 bridgehead atoms. The maximum Gasteiger partial charge on any atom is 0.325 e. The number of rotatable bonds is 8. The number of nitrogens with zero attached hydrogens (tertiary/aromatic N) is 2. The van der Waals surface area contributed by atoms with Crippen LogP contribution in [0.15, 0.2) is 18.2 Å². The summed E-state index contributed by atoms with van der Waals surface area (Å²) in [5, 5.41) is 2.80. The second-order valence-electron chi connectivity index (χ2n) is 5.82. The second kappa shape index (κ2) is 8.57. The first kappa shape index (κ1) is 18.9. The van der Waals surface area contributed by atoms with E-state index in [1.54, 1.807) is 44.4 Å². The largest absolute Gasteiger partial charge is 0.497 e. The SMILES string of the molecule is COCC(C)NC(=O)CN1CCN(c2cc(OC)ccc2OC)C1=O. The highest BCUT2D eigenvalue weighted by Gasteiger charge is 2.32. The van der Waals surface area contributed by atoms with Crippen LogP contribution >= 0.6 is 0 Å². The molecular formula is C17H25N3O5. The van der Waals surface area contributed by atoms with Gasteiger partial charge in [-0.05, 0) is 19.1 Å². The van der Waals surface area contributed by atoms with Crippen LogP contribution in [-0.4, -0.2) is 70.5 Å². The van der Waals surface area contributed by atoms with Crippen molar-refractivity contribution in [2.45, 2.75) is 13.0 Å². The summed E-state index contributed by atoms with van der Waals surface area (Å²) in [7, 11) is 4.69. The molecule has 1 heterocycles. The van der Waals surface area contributed by atoms with Gasteiger partial charge in [-0.3, -0.25) is 9.69 Å². The molecule has 0 aliphatic carbocycles. The zero-order chi connectivity index (χ0) is 18.4. The van der Waals surface area contributed by atoms with Crippen molar-refractivity contribution in [2.75, 3.05) is 52.5 Å². The Kier molecular flexibility index (Phi) is 6.46. The summed E-state index contributed by atoms with van der Waals surface area (Å²) in [5.74, 6) is 1.000. The van der Waals surface area contributed by atoms with E-state index in [1.165, 1.54) is 4.90 Å². The number of carbonyl (C=O) groups excluding carboxylic acids is 2. The molecule has 1 aliphatic heterocycles. The zero-order valence-corrected chi connectivity index (χ0v) is 15.1. The predicted molar refractivity (Wildman–Crippen MR) is 93.3 cm³/mol. The number of urea groups is 1. The molecule has 25 heavy (non-hydrogen) atoms. The Hall–Kier alpha value is -2.48. The summed E-state index contributed by atoms with van der Waals surface area (Å²) >= 11 is 0. The summed E-state index contributed by atoms with van der Waals surface area (Å²) in [6.07, 6.45) is 0. The normalized spacial score (nSPS) is 15.3. The average Bonchev–Trinajstić information content (AvgIpc) is 2.94. The Balaban J connectivity index is 2.05. The van der Waals surface area contributed by atoms with Gasteiger partial charge in [0.25, 0.3) is 0 Å². The van der Waals surface area contributed by atoms with Gasteiger partial charge in [-0.25, -0.2) is 4.79 Å². The van der Waals surface area contributed by atoms with Gasteiger partial charge >= 0.3 is 6.03 Å². The molecule has 0 aromatic heterocycles. The van der Waals surface area contributed by atoms with Crippen molar-refractivity contribution in [3.8, 4) is 11.5 Å². The van der Waals surface area contributed by atoms with Crippen molar-refractivity contribution in [3.63, 3.8) is 0 Å². The first-order valence-corrected chi connectivity index (χ1v) is 8.07.